The number of amides is 3. The molecule has 2 rings (SSSR count). The first kappa shape index (κ1) is 33.6. The number of hydrogen-bond donors (Lipinski definition) is 8. The van der Waals surface area contributed by atoms with E-state index in [0.29, 0.717) is 31.6 Å². The van der Waals surface area contributed by atoms with Gasteiger partial charge in [-0.15, -0.1) is 0 Å². The van der Waals surface area contributed by atoms with Crippen LogP contribution in [0.5, 0.6) is 0 Å². The summed E-state index contributed by atoms with van der Waals surface area (Å²) in [5.74, 6) is -3.94. The van der Waals surface area contributed by atoms with Crippen molar-refractivity contribution in [2.24, 2.45) is 11.5 Å². The van der Waals surface area contributed by atoms with Crippen molar-refractivity contribution in [2.45, 2.75) is 69.1 Å². The van der Waals surface area contributed by atoms with Gasteiger partial charge in [-0.25, -0.2) is 4.79 Å². The van der Waals surface area contributed by atoms with Crippen LogP contribution in [0.1, 0.15) is 44.1 Å². The molecule has 0 radical (unpaired) electrons. The van der Waals surface area contributed by atoms with Gasteiger partial charge in [-0.2, -0.15) is 11.8 Å². The van der Waals surface area contributed by atoms with E-state index in [9.17, 15) is 34.2 Å². The van der Waals surface area contributed by atoms with Gasteiger partial charge < -0.3 is 42.6 Å². The molecule has 0 bridgehead atoms. The minimum atomic E-state index is -1.36. The van der Waals surface area contributed by atoms with Gasteiger partial charge in [0, 0.05) is 29.9 Å². The molecule has 0 fully saturated rings. The molecule has 1 aromatic heterocycles. The fourth-order valence-electron chi connectivity index (χ4n) is 4.22. The Hall–Kier alpha value is -3.62. The van der Waals surface area contributed by atoms with Crippen molar-refractivity contribution in [2.75, 3.05) is 18.6 Å². The van der Waals surface area contributed by atoms with Crippen molar-refractivity contribution in [3.63, 3.8) is 0 Å². The lowest BCUT2D eigenvalue weighted by Crippen LogP contribution is -2.57. The van der Waals surface area contributed by atoms with Crippen LogP contribution in [0.15, 0.2) is 30.5 Å². The van der Waals surface area contributed by atoms with Crippen LogP contribution in [-0.2, 0) is 30.4 Å². The Bertz CT molecular complexity index is 1190. The molecule has 226 valence electrons. The van der Waals surface area contributed by atoms with E-state index in [1.54, 1.807) is 6.20 Å². The number of H-pyrrole nitrogens is 1. The summed E-state index contributed by atoms with van der Waals surface area (Å²) in [6.07, 6.45) is 4.43. The summed E-state index contributed by atoms with van der Waals surface area (Å²) in [7, 11) is 0. The highest BCUT2D eigenvalue weighted by molar-refractivity contribution is 7.98. The molecule has 10 N–H and O–H groups in total. The predicted molar refractivity (Wildman–Crippen MR) is 156 cm³/mol. The van der Waals surface area contributed by atoms with Crippen molar-refractivity contribution in [3.8, 4) is 0 Å². The number of nitrogens with one attached hydrogen (secondary N) is 4. The number of aromatic amines is 1. The second-order valence-electron chi connectivity index (χ2n) is 9.69. The maximum absolute atomic E-state index is 13.5. The van der Waals surface area contributed by atoms with Crippen molar-refractivity contribution in [1.82, 2.24) is 20.9 Å². The molecule has 1 aromatic carbocycles. The van der Waals surface area contributed by atoms with Crippen LogP contribution >= 0.6 is 11.8 Å². The summed E-state index contributed by atoms with van der Waals surface area (Å²) in [6.45, 7) is 0.363. The summed E-state index contributed by atoms with van der Waals surface area (Å²) >= 11 is 1.53. The molecule has 0 aliphatic carbocycles. The van der Waals surface area contributed by atoms with Gasteiger partial charge in [0.15, 0.2) is 0 Å². The molecule has 14 heteroatoms. The van der Waals surface area contributed by atoms with Crippen LogP contribution in [0, 0.1) is 0 Å². The number of fused-ring (bicyclic) bond motifs is 1. The molecule has 41 heavy (non-hydrogen) atoms. The highest BCUT2D eigenvalue weighted by atomic mass is 32.2. The molecule has 0 spiro atoms. The average molecular weight is 593 g/mol. The normalized spacial score (nSPS) is 14.0. The zero-order valence-electron chi connectivity index (χ0n) is 23.1. The van der Waals surface area contributed by atoms with Crippen LogP contribution in [0.25, 0.3) is 10.9 Å². The summed E-state index contributed by atoms with van der Waals surface area (Å²) in [5.41, 5.74) is 13.1. The number of aromatic nitrogens is 1. The Morgan fingerprint density at radius 3 is 2.22 bits per heavy atom. The van der Waals surface area contributed by atoms with E-state index in [4.69, 9.17) is 11.5 Å². The number of unbranched alkanes of at least 4 members (excludes halogenated alkanes) is 1. The Labute approximate surface area is 242 Å². The zero-order valence-corrected chi connectivity index (χ0v) is 23.9. The molecule has 0 saturated carbocycles. The molecule has 1 heterocycles. The Balaban J connectivity index is 2.28. The number of rotatable bonds is 19. The van der Waals surface area contributed by atoms with E-state index in [0.717, 1.165) is 16.5 Å². The third-order valence-electron chi connectivity index (χ3n) is 6.54. The van der Waals surface area contributed by atoms with Gasteiger partial charge in [0.05, 0.1) is 6.04 Å². The fraction of sp³-hybridized carbons (Fsp3) is 0.519. The Morgan fingerprint density at radius 2 is 1.56 bits per heavy atom. The van der Waals surface area contributed by atoms with Crippen LogP contribution in [0.3, 0.4) is 0 Å². The fourth-order valence-corrected chi connectivity index (χ4v) is 4.71. The number of carboxylic acid groups (broad SMARTS) is 2. The van der Waals surface area contributed by atoms with Crippen LogP contribution in [-0.4, -0.2) is 87.6 Å². The Morgan fingerprint density at radius 1 is 0.902 bits per heavy atom. The van der Waals surface area contributed by atoms with Gasteiger partial charge in [0.1, 0.15) is 18.1 Å². The van der Waals surface area contributed by atoms with E-state index in [-0.39, 0.29) is 19.3 Å². The molecule has 0 aliphatic rings. The molecule has 3 amide bonds. The Kier molecular flexibility index (Phi) is 14.1. The van der Waals surface area contributed by atoms with Crippen LogP contribution in [0.2, 0.25) is 0 Å². The molecule has 0 saturated heterocycles. The molecular weight excluding hydrogens is 552 g/mol. The SMILES string of the molecule is CSCCC(N)C(=O)NC(Cc1c[nH]c2ccccc12)C(=O)NC(CCC(=O)O)C(=O)NC(CCCCN)C(=O)O. The second kappa shape index (κ2) is 17.3. The number of nitrogens with two attached hydrogens (primary N) is 2. The van der Waals surface area contributed by atoms with E-state index >= 15 is 0 Å². The number of benzene rings is 1. The highest BCUT2D eigenvalue weighted by Gasteiger charge is 2.31. The summed E-state index contributed by atoms with van der Waals surface area (Å²) < 4.78 is 0. The number of carboxylic acids is 2. The van der Waals surface area contributed by atoms with Crippen molar-refractivity contribution in [3.05, 3.63) is 36.0 Å². The predicted octanol–water partition coefficient (Wildman–Crippen LogP) is 0.324. The number of hydrogen-bond acceptors (Lipinski definition) is 8. The van der Waals surface area contributed by atoms with Gasteiger partial charge in [-0.1, -0.05) is 18.2 Å². The summed E-state index contributed by atoms with van der Waals surface area (Å²) in [5, 5.41) is 27.2. The molecule has 4 unspecified atom stereocenters. The number of aliphatic carboxylic acids is 2. The largest absolute Gasteiger partial charge is 0.481 e. The first-order valence-electron chi connectivity index (χ1n) is 13.4. The molecule has 4 atom stereocenters. The number of thioether (sulfide) groups is 1. The third-order valence-corrected chi connectivity index (χ3v) is 7.19. The first-order chi connectivity index (χ1) is 19.6. The smallest absolute Gasteiger partial charge is 0.326 e. The monoisotopic (exact) mass is 592 g/mol. The van der Waals surface area contributed by atoms with E-state index < -0.39 is 60.2 Å². The summed E-state index contributed by atoms with van der Waals surface area (Å²) in [4.78, 5) is 65.6. The van der Waals surface area contributed by atoms with Gasteiger partial charge in [0.25, 0.3) is 0 Å². The lowest BCUT2D eigenvalue weighted by atomic mass is 10.0. The molecule has 13 nitrogen and oxygen atoms in total. The molecule has 2 aromatic rings. The van der Waals surface area contributed by atoms with Crippen LogP contribution in [0.4, 0.5) is 0 Å². The van der Waals surface area contributed by atoms with E-state index in [1.165, 1.54) is 11.8 Å². The standard InChI is InChI=1S/C27H40N6O7S/c1-41-13-11-18(29)24(36)33-22(14-16-15-30-19-7-3-2-6-17(16)19)26(38)31-20(9-10-23(34)35)25(37)32-21(27(39)40)8-4-5-12-28/h2-3,6-7,15,18,20-22,30H,4-5,8-14,28-29H2,1H3,(H,31,38)(H,32,37)(H,33,36)(H,34,35)(H,39,40). The second-order valence-corrected chi connectivity index (χ2v) is 10.7. The van der Waals surface area contributed by atoms with Crippen LogP contribution < -0.4 is 27.4 Å². The topological polar surface area (TPSA) is 230 Å². The van der Waals surface area contributed by atoms with E-state index in [2.05, 4.69) is 20.9 Å². The minimum absolute atomic E-state index is 0.0565. The number of para-hydroxylation sites is 1. The minimum Gasteiger partial charge on any atom is -0.481 e. The molecular formula is C27H40N6O7S. The van der Waals surface area contributed by atoms with Crippen molar-refractivity contribution in [1.29, 1.82) is 0 Å². The lowest BCUT2D eigenvalue weighted by Gasteiger charge is -2.25. The van der Waals surface area contributed by atoms with Gasteiger partial charge in [0.2, 0.25) is 17.7 Å². The number of carbonyl (C=O) groups is 5. The average Bonchev–Trinajstić information content (AvgIpc) is 3.35. The third kappa shape index (κ3) is 11.1. The maximum Gasteiger partial charge on any atom is 0.326 e. The van der Waals surface area contributed by atoms with E-state index in [1.807, 2.05) is 30.5 Å². The first-order valence-corrected chi connectivity index (χ1v) is 14.8. The van der Waals surface area contributed by atoms with Gasteiger partial charge in [-0.3, -0.25) is 19.2 Å². The zero-order chi connectivity index (χ0) is 30.4. The maximum atomic E-state index is 13.5. The molecule has 0 aliphatic heterocycles. The number of carbonyl (C=O) groups excluding carboxylic acids is 3. The van der Waals surface area contributed by atoms with Gasteiger partial charge >= 0.3 is 11.9 Å². The van der Waals surface area contributed by atoms with Crippen molar-refractivity contribution >= 4 is 52.3 Å². The van der Waals surface area contributed by atoms with Gasteiger partial charge in [-0.05, 0) is 62.3 Å². The lowest BCUT2D eigenvalue weighted by molar-refractivity contribution is -0.143. The summed E-state index contributed by atoms with van der Waals surface area (Å²) in [6, 6.07) is 2.80. The van der Waals surface area contributed by atoms with Crippen molar-refractivity contribution < 1.29 is 34.2 Å². The quantitative estimate of drug-likeness (QED) is 0.104. The highest BCUT2D eigenvalue weighted by Crippen LogP contribution is 2.19.